The van der Waals surface area contributed by atoms with Gasteiger partial charge in [0.15, 0.2) is 0 Å². The molecule has 18 heavy (non-hydrogen) atoms. The van der Waals surface area contributed by atoms with Crippen molar-refractivity contribution < 1.29 is 5.11 Å². The van der Waals surface area contributed by atoms with Crippen LogP contribution in [-0.2, 0) is 13.2 Å². The van der Waals surface area contributed by atoms with Crippen LogP contribution in [0.1, 0.15) is 11.1 Å². The van der Waals surface area contributed by atoms with E-state index in [0.717, 1.165) is 16.8 Å². The van der Waals surface area contributed by atoms with Gasteiger partial charge in [0.1, 0.15) is 0 Å². The summed E-state index contributed by atoms with van der Waals surface area (Å²) in [6.07, 6.45) is 0. The molecule has 2 N–H and O–H groups in total. The molecule has 0 saturated carbocycles. The first-order chi connectivity index (χ1) is 8.67. The van der Waals surface area contributed by atoms with Gasteiger partial charge in [0.25, 0.3) is 0 Å². The van der Waals surface area contributed by atoms with E-state index in [0.29, 0.717) is 16.6 Å². The van der Waals surface area contributed by atoms with E-state index in [4.69, 9.17) is 28.3 Å². The summed E-state index contributed by atoms with van der Waals surface area (Å²) in [5.74, 6) is 0. The number of nitrogens with one attached hydrogen (secondary N) is 1. The molecule has 0 spiro atoms. The molecule has 2 aromatic rings. The van der Waals surface area contributed by atoms with Crippen molar-refractivity contribution >= 4 is 28.9 Å². The standard InChI is InChI=1S/C14H13Cl2NO/c15-12-5-13(16)7-14(6-12)17-8-10-1-3-11(9-18)4-2-10/h1-7,17-18H,8-9H2. The summed E-state index contributed by atoms with van der Waals surface area (Å²) in [7, 11) is 0. The number of hydrogen-bond donors (Lipinski definition) is 2. The van der Waals surface area contributed by atoms with Crippen LogP contribution >= 0.6 is 23.2 Å². The maximum atomic E-state index is 8.95. The number of aliphatic hydroxyl groups excluding tert-OH is 1. The van der Waals surface area contributed by atoms with Crippen molar-refractivity contribution in [3.63, 3.8) is 0 Å². The molecule has 0 amide bonds. The van der Waals surface area contributed by atoms with Crippen molar-refractivity contribution in [2.75, 3.05) is 5.32 Å². The van der Waals surface area contributed by atoms with Gasteiger partial charge in [0.2, 0.25) is 0 Å². The third-order valence-electron chi connectivity index (χ3n) is 2.56. The van der Waals surface area contributed by atoms with Gasteiger partial charge >= 0.3 is 0 Å². The van der Waals surface area contributed by atoms with Crippen LogP contribution in [-0.4, -0.2) is 5.11 Å². The lowest BCUT2D eigenvalue weighted by molar-refractivity contribution is 0.282. The van der Waals surface area contributed by atoms with Crippen LogP contribution in [0.5, 0.6) is 0 Å². The molecule has 2 rings (SSSR count). The van der Waals surface area contributed by atoms with Gasteiger partial charge in [-0.1, -0.05) is 47.5 Å². The largest absolute Gasteiger partial charge is 0.392 e. The average molecular weight is 282 g/mol. The minimum atomic E-state index is 0.0671. The van der Waals surface area contributed by atoms with Gasteiger partial charge in [-0.25, -0.2) is 0 Å². The Bertz CT molecular complexity index is 506. The number of hydrogen-bond acceptors (Lipinski definition) is 2. The molecule has 0 heterocycles. The first kappa shape index (κ1) is 13.2. The Hall–Kier alpha value is -1.22. The summed E-state index contributed by atoms with van der Waals surface area (Å²) in [6.45, 7) is 0.750. The number of aliphatic hydroxyl groups is 1. The maximum Gasteiger partial charge on any atom is 0.0681 e. The van der Waals surface area contributed by atoms with E-state index in [2.05, 4.69) is 5.32 Å². The molecule has 94 valence electrons. The summed E-state index contributed by atoms with van der Waals surface area (Å²) < 4.78 is 0. The average Bonchev–Trinajstić information content (AvgIpc) is 2.36. The van der Waals surface area contributed by atoms with Gasteiger partial charge in [-0.15, -0.1) is 0 Å². The van der Waals surface area contributed by atoms with E-state index in [1.54, 1.807) is 6.07 Å². The number of benzene rings is 2. The van der Waals surface area contributed by atoms with E-state index in [1.807, 2.05) is 36.4 Å². The lowest BCUT2D eigenvalue weighted by atomic mass is 10.1. The van der Waals surface area contributed by atoms with E-state index in [1.165, 1.54) is 0 Å². The van der Waals surface area contributed by atoms with E-state index >= 15 is 0 Å². The predicted molar refractivity (Wildman–Crippen MR) is 76.2 cm³/mol. The van der Waals surface area contributed by atoms with E-state index < -0.39 is 0 Å². The summed E-state index contributed by atoms with van der Waals surface area (Å²) in [6, 6.07) is 13.1. The van der Waals surface area contributed by atoms with Crippen LogP contribution in [0.3, 0.4) is 0 Å². The Morgan fingerprint density at radius 1 is 0.889 bits per heavy atom. The Balaban J connectivity index is 2.01. The fourth-order valence-electron chi connectivity index (χ4n) is 1.62. The molecule has 0 aliphatic heterocycles. The van der Waals surface area contributed by atoms with Crippen LogP contribution in [0.2, 0.25) is 10.0 Å². The molecule has 0 bridgehead atoms. The third kappa shape index (κ3) is 3.64. The van der Waals surface area contributed by atoms with Crippen molar-refractivity contribution in [3.8, 4) is 0 Å². The molecule has 4 heteroatoms. The van der Waals surface area contributed by atoms with Crippen molar-refractivity contribution in [1.29, 1.82) is 0 Å². The number of anilines is 1. The molecule has 0 saturated heterocycles. The van der Waals surface area contributed by atoms with Gasteiger partial charge in [0, 0.05) is 22.3 Å². The molecule has 0 fully saturated rings. The van der Waals surface area contributed by atoms with Crippen LogP contribution in [0, 0.1) is 0 Å². The van der Waals surface area contributed by atoms with Crippen LogP contribution in [0.4, 0.5) is 5.69 Å². The number of rotatable bonds is 4. The highest BCUT2D eigenvalue weighted by atomic mass is 35.5. The fourth-order valence-corrected chi connectivity index (χ4v) is 2.15. The molecular weight excluding hydrogens is 269 g/mol. The van der Waals surface area contributed by atoms with Crippen molar-refractivity contribution in [1.82, 2.24) is 0 Å². The van der Waals surface area contributed by atoms with Gasteiger partial charge in [-0.2, -0.15) is 0 Å². The zero-order chi connectivity index (χ0) is 13.0. The van der Waals surface area contributed by atoms with Gasteiger partial charge < -0.3 is 10.4 Å². The second kappa shape index (κ2) is 6.10. The van der Waals surface area contributed by atoms with Crippen molar-refractivity contribution in [2.45, 2.75) is 13.2 Å². The molecule has 0 radical (unpaired) electrons. The second-order valence-corrected chi connectivity index (χ2v) is 4.86. The first-order valence-corrected chi connectivity index (χ1v) is 6.31. The molecule has 0 aliphatic carbocycles. The fraction of sp³-hybridized carbons (Fsp3) is 0.143. The molecule has 0 aliphatic rings. The minimum absolute atomic E-state index is 0.0671. The summed E-state index contributed by atoms with van der Waals surface area (Å²) >= 11 is 11.8. The van der Waals surface area contributed by atoms with Crippen molar-refractivity contribution in [2.24, 2.45) is 0 Å². The monoisotopic (exact) mass is 281 g/mol. The lowest BCUT2D eigenvalue weighted by Crippen LogP contribution is -1.99. The van der Waals surface area contributed by atoms with Gasteiger partial charge in [-0.3, -0.25) is 0 Å². The zero-order valence-electron chi connectivity index (χ0n) is 9.66. The Labute approximate surface area is 116 Å². The molecular formula is C14H13Cl2NO. The highest BCUT2D eigenvalue weighted by Crippen LogP contribution is 2.22. The maximum absolute atomic E-state index is 8.95. The topological polar surface area (TPSA) is 32.3 Å². The molecule has 0 atom stereocenters. The summed E-state index contributed by atoms with van der Waals surface area (Å²) in [5.41, 5.74) is 2.92. The quantitative estimate of drug-likeness (QED) is 0.885. The minimum Gasteiger partial charge on any atom is -0.392 e. The Morgan fingerprint density at radius 3 is 2.00 bits per heavy atom. The molecule has 0 aromatic heterocycles. The van der Waals surface area contributed by atoms with Crippen molar-refractivity contribution in [3.05, 3.63) is 63.6 Å². The van der Waals surface area contributed by atoms with Crippen LogP contribution < -0.4 is 5.32 Å². The first-order valence-electron chi connectivity index (χ1n) is 5.56. The zero-order valence-corrected chi connectivity index (χ0v) is 11.2. The summed E-state index contributed by atoms with van der Waals surface area (Å²) in [4.78, 5) is 0. The van der Waals surface area contributed by atoms with E-state index in [-0.39, 0.29) is 6.61 Å². The van der Waals surface area contributed by atoms with E-state index in [9.17, 15) is 0 Å². The van der Waals surface area contributed by atoms with Crippen LogP contribution in [0.25, 0.3) is 0 Å². The number of halogens is 2. The highest BCUT2D eigenvalue weighted by Gasteiger charge is 1.99. The predicted octanol–water partition coefficient (Wildman–Crippen LogP) is 4.10. The third-order valence-corrected chi connectivity index (χ3v) is 3.00. The van der Waals surface area contributed by atoms with Gasteiger partial charge in [-0.05, 0) is 29.3 Å². The Morgan fingerprint density at radius 2 is 1.44 bits per heavy atom. The second-order valence-electron chi connectivity index (χ2n) is 3.99. The Kier molecular flexibility index (Phi) is 4.48. The van der Waals surface area contributed by atoms with Crippen LogP contribution in [0.15, 0.2) is 42.5 Å². The molecule has 2 aromatic carbocycles. The van der Waals surface area contributed by atoms with Gasteiger partial charge in [0.05, 0.1) is 6.61 Å². The summed E-state index contributed by atoms with van der Waals surface area (Å²) in [5, 5.41) is 13.4. The SMILES string of the molecule is OCc1ccc(CNc2cc(Cl)cc(Cl)c2)cc1. The molecule has 2 nitrogen and oxygen atoms in total. The highest BCUT2D eigenvalue weighted by molar-refractivity contribution is 6.35. The lowest BCUT2D eigenvalue weighted by Gasteiger charge is -2.08. The molecule has 0 unspecified atom stereocenters. The normalized spacial score (nSPS) is 10.4. The smallest absolute Gasteiger partial charge is 0.0681 e.